The van der Waals surface area contributed by atoms with Gasteiger partial charge in [0.2, 0.25) is 5.82 Å². The molecule has 20 heavy (non-hydrogen) atoms. The number of aromatic nitrogens is 1. The first kappa shape index (κ1) is 15.3. The summed E-state index contributed by atoms with van der Waals surface area (Å²) in [5.41, 5.74) is -0.0308. The number of likely N-dealkylation sites (N-methyl/N-ethyl adjacent to an activating group) is 1. The Hall–Kier alpha value is -1.05. The molecule has 0 unspecified atom stereocenters. The summed E-state index contributed by atoms with van der Waals surface area (Å²) in [5.74, 6) is 0.405. The van der Waals surface area contributed by atoms with Crippen molar-refractivity contribution < 1.29 is 4.92 Å². The van der Waals surface area contributed by atoms with E-state index in [1.807, 2.05) is 19.0 Å². The van der Waals surface area contributed by atoms with E-state index in [2.05, 4.69) is 16.1 Å². The van der Waals surface area contributed by atoms with Gasteiger partial charge in [0, 0.05) is 36.6 Å². The van der Waals surface area contributed by atoms with E-state index in [1.54, 1.807) is 11.8 Å². The largest absolute Gasteiger partial charge is 0.348 e. The van der Waals surface area contributed by atoms with Crippen LogP contribution in [0, 0.1) is 10.1 Å². The van der Waals surface area contributed by atoms with Crippen LogP contribution in [0.25, 0.3) is 0 Å². The molecule has 0 amide bonds. The van der Waals surface area contributed by atoms with Crippen LogP contribution in [0.4, 0.5) is 11.5 Å². The second kappa shape index (κ2) is 6.15. The van der Waals surface area contributed by atoms with Crippen LogP contribution in [0.5, 0.6) is 0 Å². The molecule has 1 fully saturated rings. The van der Waals surface area contributed by atoms with E-state index in [0.717, 1.165) is 13.1 Å². The van der Waals surface area contributed by atoms with Gasteiger partial charge in [0.15, 0.2) is 0 Å². The Morgan fingerprint density at radius 3 is 2.75 bits per heavy atom. The molecule has 1 aromatic heterocycles. The molecular weight excluding hydrogens is 300 g/mol. The van der Waals surface area contributed by atoms with E-state index in [9.17, 15) is 10.1 Å². The molecular formula is C12H17ClN4O2S. The fourth-order valence-electron chi connectivity index (χ4n) is 2.46. The third-order valence-electron chi connectivity index (χ3n) is 3.51. The minimum absolute atomic E-state index is 0.0308. The summed E-state index contributed by atoms with van der Waals surface area (Å²) < 4.78 is 0. The van der Waals surface area contributed by atoms with Gasteiger partial charge in [0.05, 0.1) is 9.95 Å². The standard InChI is InChI=1S/C12H17ClN4O2S/c1-15(2)10-6-16(7-11(10)20-3)12-9(17(18)19)4-8(13)5-14-12/h4-5,10-11H,6-7H2,1-3H3/t10-,11+/m1/s1. The topological polar surface area (TPSA) is 62.5 Å². The molecule has 0 N–H and O–H groups in total. The van der Waals surface area contributed by atoms with E-state index in [4.69, 9.17) is 11.6 Å². The normalized spacial score (nSPS) is 22.6. The smallest absolute Gasteiger partial charge is 0.313 e. The second-order valence-corrected chi connectivity index (χ2v) is 6.48. The Kier molecular flexibility index (Phi) is 4.72. The SMILES string of the molecule is CS[C@H]1CN(c2ncc(Cl)cc2[N+](=O)[O-])C[C@H]1N(C)C. The molecule has 1 aliphatic rings. The van der Waals surface area contributed by atoms with Crippen molar-refractivity contribution >= 4 is 34.9 Å². The number of hydrogen-bond acceptors (Lipinski definition) is 6. The molecule has 0 aromatic carbocycles. The van der Waals surface area contributed by atoms with Crippen LogP contribution in [-0.4, -0.2) is 59.5 Å². The predicted octanol–water partition coefficient (Wildman–Crippen LogP) is 2.12. The third-order valence-corrected chi connectivity index (χ3v) is 4.79. The van der Waals surface area contributed by atoms with E-state index >= 15 is 0 Å². The quantitative estimate of drug-likeness (QED) is 0.626. The summed E-state index contributed by atoms with van der Waals surface area (Å²) >= 11 is 7.58. The zero-order chi connectivity index (χ0) is 14.9. The number of pyridine rings is 1. The number of nitro groups is 1. The summed E-state index contributed by atoms with van der Waals surface area (Å²) in [6.07, 6.45) is 3.52. The minimum Gasteiger partial charge on any atom is -0.348 e. The molecule has 0 radical (unpaired) electrons. The molecule has 2 rings (SSSR count). The van der Waals surface area contributed by atoms with Gasteiger partial charge < -0.3 is 9.80 Å². The lowest BCUT2D eigenvalue weighted by Crippen LogP contribution is -2.36. The third kappa shape index (κ3) is 2.99. The van der Waals surface area contributed by atoms with Gasteiger partial charge in [-0.15, -0.1) is 0 Å². The minimum atomic E-state index is -0.425. The highest BCUT2D eigenvalue weighted by atomic mass is 35.5. The molecule has 1 aromatic rings. The Balaban J connectivity index is 2.31. The van der Waals surface area contributed by atoms with E-state index in [-0.39, 0.29) is 10.7 Å². The Labute approximate surface area is 127 Å². The maximum atomic E-state index is 11.2. The molecule has 0 bridgehead atoms. The molecule has 2 atom stereocenters. The fourth-order valence-corrected chi connectivity index (χ4v) is 3.58. The van der Waals surface area contributed by atoms with Crippen molar-refractivity contribution in [2.75, 3.05) is 38.3 Å². The lowest BCUT2D eigenvalue weighted by molar-refractivity contribution is -0.384. The van der Waals surface area contributed by atoms with E-state index in [1.165, 1.54) is 12.3 Å². The van der Waals surface area contributed by atoms with Crippen molar-refractivity contribution in [2.45, 2.75) is 11.3 Å². The highest BCUT2D eigenvalue weighted by Crippen LogP contribution is 2.33. The van der Waals surface area contributed by atoms with Crippen LogP contribution < -0.4 is 4.90 Å². The van der Waals surface area contributed by atoms with Crippen molar-refractivity contribution in [1.82, 2.24) is 9.88 Å². The lowest BCUT2D eigenvalue weighted by atomic mass is 10.2. The summed E-state index contributed by atoms with van der Waals surface area (Å²) in [7, 11) is 4.06. The van der Waals surface area contributed by atoms with Gasteiger partial charge in [-0.3, -0.25) is 10.1 Å². The van der Waals surface area contributed by atoms with E-state index in [0.29, 0.717) is 17.1 Å². The fraction of sp³-hybridized carbons (Fsp3) is 0.583. The summed E-state index contributed by atoms with van der Waals surface area (Å²) in [6.45, 7) is 1.48. The zero-order valence-corrected chi connectivity index (χ0v) is 13.2. The number of nitrogens with zero attached hydrogens (tertiary/aromatic N) is 4. The van der Waals surface area contributed by atoms with Crippen molar-refractivity contribution in [3.63, 3.8) is 0 Å². The first-order valence-corrected chi connectivity index (χ1v) is 7.84. The van der Waals surface area contributed by atoms with Gasteiger partial charge in [0.1, 0.15) is 0 Å². The van der Waals surface area contributed by atoms with Gasteiger partial charge in [-0.2, -0.15) is 11.8 Å². The summed E-state index contributed by atoms with van der Waals surface area (Å²) in [5, 5.41) is 11.8. The lowest BCUT2D eigenvalue weighted by Gasteiger charge is -2.23. The Bertz CT molecular complexity index is 514. The zero-order valence-electron chi connectivity index (χ0n) is 11.6. The van der Waals surface area contributed by atoms with Gasteiger partial charge >= 0.3 is 5.69 Å². The molecule has 0 saturated carbocycles. The van der Waals surface area contributed by atoms with Crippen molar-refractivity contribution in [1.29, 1.82) is 0 Å². The van der Waals surface area contributed by atoms with Crippen LogP contribution in [0.2, 0.25) is 5.02 Å². The number of halogens is 1. The van der Waals surface area contributed by atoms with Crippen molar-refractivity contribution in [3.8, 4) is 0 Å². The Morgan fingerprint density at radius 2 is 2.25 bits per heavy atom. The maximum Gasteiger partial charge on any atom is 0.313 e. The van der Waals surface area contributed by atoms with Crippen LogP contribution in [0.1, 0.15) is 0 Å². The highest BCUT2D eigenvalue weighted by molar-refractivity contribution is 7.99. The number of anilines is 1. The van der Waals surface area contributed by atoms with Crippen molar-refractivity contribution in [3.05, 3.63) is 27.4 Å². The molecule has 6 nitrogen and oxygen atoms in total. The van der Waals surface area contributed by atoms with Gasteiger partial charge in [-0.1, -0.05) is 11.6 Å². The van der Waals surface area contributed by atoms with Crippen LogP contribution in [-0.2, 0) is 0 Å². The van der Waals surface area contributed by atoms with Gasteiger partial charge in [0.25, 0.3) is 0 Å². The average Bonchev–Trinajstić information content (AvgIpc) is 2.82. The molecule has 1 saturated heterocycles. The monoisotopic (exact) mass is 316 g/mol. The molecule has 110 valence electrons. The highest BCUT2D eigenvalue weighted by Gasteiger charge is 2.36. The van der Waals surface area contributed by atoms with Crippen molar-refractivity contribution in [2.24, 2.45) is 0 Å². The number of hydrogen-bond donors (Lipinski definition) is 0. The summed E-state index contributed by atoms with van der Waals surface area (Å²) in [6, 6.07) is 1.71. The van der Waals surface area contributed by atoms with Crippen LogP contribution in [0.3, 0.4) is 0 Å². The summed E-state index contributed by atoms with van der Waals surface area (Å²) in [4.78, 5) is 19.0. The van der Waals surface area contributed by atoms with Crippen LogP contribution >= 0.6 is 23.4 Å². The predicted molar refractivity (Wildman–Crippen MR) is 82.9 cm³/mol. The first-order chi connectivity index (χ1) is 9.43. The van der Waals surface area contributed by atoms with E-state index < -0.39 is 4.92 Å². The number of rotatable bonds is 4. The second-order valence-electron chi connectivity index (χ2n) is 4.96. The molecule has 2 heterocycles. The van der Waals surface area contributed by atoms with Gasteiger partial charge in [-0.05, 0) is 20.4 Å². The maximum absolute atomic E-state index is 11.2. The molecule has 0 aliphatic carbocycles. The van der Waals surface area contributed by atoms with Crippen LogP contribution in [0.15, 0.2) is 12.3 Å². The molecule has 8 heteroatoms. The first-order valence-electron chi connectivity index (χ1n) is 6.18. The molecule has 0 spiro atoms. The molecule has 1 aliphatic heterocycles. The average molecular weight is 317 g/mol. The Morgan fingerprint density at radius 1 is 1.55 bits per heavy atom. The van der Waals surface area contributed by atoms with Gasteiger partial charge in [-0.25, -0.2) is 4.98 Å². The number of thioether (sulfide) groups is 1.